The van der Waals surface area contributed by atoms with E-state index < -0.39 is 123 Å². The van der Waals surface area contributed by atoms with E-state index in [4.69, 9.17) is 0 Å². The molecule has 2 aliphatic carbocycles. The predicted octanol–water partition coefficient (Wildman–Crippen LogP) is 8.88. The number of benzene rings is 3. The van der Waals surface area contributed by atoms with Crippen LogP contribution < -0.4 is 10.9 Å². The second-order valence-electron chi connectivity index (χ2n) is 11.3. The highest BCUT2D eigenvalue weighted by atomic mass is 19.4. The van der Waals surface area contributed by atoms with Crippen molar-refractivity contribution in [3.8, 4) is 0 Å². The molecular formula is C30H17BF16. The van der Waals surface area contributed by atoms with Crippen LogP contribution in [0.5, 0.6) is 0 Å². The predicted molar refractivity (Wildman–Crippen MR) is 137 cm³/mol. The molecule has 0 nitrogen and oxygen atoms in total. The second kappa shape index (κ2) is 11.5. The van der Waals surface area contributed by atoms with Gasteiger partial charge in [0.05, 0.1) is 11.5 Å². The molecule has 0 saturated heterocycles. The number of allylic oxidation sites excluding steroid dienone is 2. The molecule has 0 spiro atoms. The number of alkyl halides is 8. The van der Waals surface area contributed by atoms with Crippen molar-refractivity contribution >= 4 is 17.6 Å². The zero-order valence-corrected chi connectivity index (χ0v) is 23.6. The van der Waals surface area contributed by atoms with Crippen LogP contribution in [0.3, 0.4) is 0 Å². The van der Waals surface area contributed by atoms with Crippen molar-refractivity contribution in [3.63, 3.8) is 0 Å². The molecule has 47 heavy (non-hydrogen) atoms. The first kappa shape index (κ1) is 34.7. The van der Waals surface area contributed by atoms with E-state index in [1.807, 2.05) is 0 Å². The zero-order valence-electron chi connectivity index (χ0n) is 23.6. The van der Waals surface area contributed by atoms with E-state index in [0.717, 1.165) is 11.6 Å². The first-order chi connectivity index (χ1) is 21.6. The summed E-state index contributed by atoms with van der Waals surface area (Å²) in [5.41, 5.74) is -11.4. The van der Waals surface area contributed by atoms with Gasteiger partial charge in [0.25, 0.3) is 0 Å². The van der Waals surface area contributed by atoms with Crippen molar-refractivity contribution in [2.45, 2.75) is 63.1 Å². The molecule has 0 aromatic heterocycles. The molecule has 17 heteroatoms. The molecule has 252 valence electrons. The Morgan fingerprint density at radius 2 is 1.06 bits per heavy atom. The molecular weight excluding hydrogens is 675 g/mol. The number of fused-ring (bicyclic) bond motifs is 1. The van der Waals surface area contributed by atoms with Crippen LogP contribution in [-0.4, -0.2) is 19.1 Å². The van der Waals surface area contributed by atoms with Gasteiger partial charge in [0.15, 0.2) is 34.9 Å². The van der Waals surface area contributed by atoms with Gasteiger partial charge in [-0.3, -0.25) is 0 Å². The third kappa shape index (κ3) is 5.27. The van der Waals surface area contributed by atoms with E-state index in [2.05, 4.69) is 0 Å². The van der Waals surface area contributed by atoms with Gasteiger partial charge in [0, 0.05) is 11.3 Å². The fourth-order valence-corrected chi connectivity index (χ4v) is 6.37. The summed E-state index contributed by atoms with van der Waals surface area (Å²) in [6.45, 7) is -2.55. The minimum absolute atomic E-state index is 0.344. The molecule has 5 rings (SSSR count). The maximum absolute atomic E-state index is 16.1. The highest BCUT2D eigenvalue weighted by molar-refractivity contribution is 6.87. The lowest BCUT2D eigenvalue weighted by Gasteiger charge is -2.37. The molecule has 3 aromatic rings. The number of halogens is 16. The van der Waals surface area contributed by atoms with Crippen LogP contribution in [0.1, 0.15) is 44.9 Å². The summed E-state index contributed by atoms with van der Waals surface area (Å²) in [6, 6.07) is 3.69. The highest BCUT2D eigenvalue weighted by Gasteiger charge is 2.56. The Bertz CT molecular complexity index is 1680. The van der Waals surface area contributed by atoms with Crippen LogP contribution in [0.25, 0.3) is 0 Å². The van der Waals surface area contributed by atoms with Crippen LogP contribution in [0, 0.1) is 48.8 Å². The van der Waals surface area contributed by atoms with Gasteiger partial charge in [-0.15, -0.1) is 0 Å². The smallest absolute Gasteiger partial charge is 0.244 e. The van der Waals surface area contributed by atoms with Crippen molar-refractivity contribution in [3.05, 3.63) is 104 Å². The lowest BCUT2D eigenvalue weighted by atomic mass is 9.30. The molecule has 0 aliphatic heterocycles. The lowest BCUT2D eigenvalue weighted by molar-refractivity contribution is -0.143. The summed E-state index contributed by atoms with van der Waals surface area (Å²) in [6.07, 6.45) is -17.6. The normalized spacial score (nSPS) is 21.6. The first-order valence-electron chi connectivity index (χ1n) is 13.6. The highest BCUT2D eigenvalue weighted by Crippen LogP contribution is 2.50. The van der Waals surface area contributed by atoms with Gasteiger partial charge in [-0.1, -0.05) is 18.2 Å². The molecule has 0 saturated carbocycles. The summed E-state index contributed by atoms with van der Waals surface area (Å²) < 4.78 is 235. The van der Waals surface area contributed by atoms with Crippen molar-refractivity contribution in [1.82, 2.24) is 0 Å². The summed E-state index contributed by atoms with van der Waals surface area (Å²) in [7, 11) is 0. The summed E-state index contributed by atoms with van der Waals surface area (Å²) in [5, 5.41) is 0. The summed E-state index contributed by atoms with van der Waals surface area (Å²) >= 11 is 0. The van der Waals surface area contributed by atoms with Gasteiger partial charge in [-0.05, 0) is 60.0 Å². The standard InChI is InChI=1S/C30H17BF16/c1-8-9(2)16(24(37)21(34)14(8)29(42,43)44)31(18-27(40)22(35)15(30(45,46)47)23(36)28(18)41)17-25(38)19(32)13(20(33)26(17)39)12-6-4-10-3-5-11(10)7-12/h4,6-7,13,17,19,25H,3,5H2,1-2H3. The van der Waals surface area contributed by atoms with Crippen LogP contribution in [0.2, 0.25) is 5.82 Å². The Labute approximate surface area is 255 Å². The molecule has 0 amide bonds. The van der Waals surface area contributed by atoms with Crippen molar-refractivity contribution in [1.29, 1.82) is 0 Å². The molecule has 0 bridgehead atoms. The number of rotatable bonds is 4. The largest absolute Gasteiger partial charge is 0.422 e. The topological polar surface area (TPSA) is 0 Å². The molecule has 2 aliphatic rings. The molecule has 0 heterocycles. The molecule has 4 atom stereocenters. The van der Waals surface area contributed by atoms with Gasteiger partial charge >= 0.3 is 12.4 Å². The van der Waals surface area contributed by atoms with Crippen LogP contribution in [0.4, 0.5) is 70.2 Å². The Kier molecular flexibility index (Phi) is 8.48. The third-order valence-electron chi connectivity index (χ3n) is 8.85. The van der Waals surface area contributed by atoms with Crippen LogP contribution in [0.15, 0.2) is 29.9 Å². The van der Waals surface area contributed by atoms with E-state index in [-0.39, 0.29) is 5.56 Å². The average molecular weight is 692 g/mol. The monoisotopic (exact) mass is 692 g/mol. The minimum atomic E-state index is -6.15. The van der Waals surface area contributed by atoms with Gasteiger partial charge in [0.1, 0.15) is 29.6 Å². The fourth-order valence-electron chi connectivity index (χ4n) is 6.37. The molecule has 3 aromatic carbocycles. The Hall–Kier alpha value is -3.66. The van der Waals surface area contributed by atoms with E-state index >= 15 is 35.1 Å². The quantitative estimate of drug-likeness (QED) is 0.146. The third-order valence-corrected chi connectivity index (χ3v) is 8.85. The lowest BCUT2D eigenvalue weighted by Crippen LogP contribution is -2.57. The molecule has 4 unspecified atom stereocenters. The van der Waals surface area contributed by atoms with E-state index in [1.165, 1.54) is 12.1 Å². The number of hydrogen-bond acceptors (Lipinski definition) is 0. The van der Waals surface area contributed by atoms with Gasteiger partial charge < -0.3 is 0 Å². The molecule has 0 N–H and O–H groups in total. The van der Waals surface area contributed by atoms with Crippen molar-refractivity contribution in [2.24, 2.45) is 0 Å². The summed E-state index contributed by atoms with van der Waals surface area (Å²) in [5.74, 6) is -28.8. The number of aryl methyl sites for hydroxylation is 2. The van der Waals surface area contributed by atoms with Crippen LogP contribution >= 0.6 is 0 Å². The average Bonchev–Trinajstić information content (AvgIpc) is 2.94. The fraction of sp³-hybridized carbons (Fsp3) is 0.333. The van der Waals surface area contributed by atoms with Gasteiger partial charge in [-0.2, -0.15) is 26.3 Å². The van der Waals surface area contributed by atoms with Gasteiger partial charge in [-0.25, -0.2) is 43.9 Å². The molecule has 0 radical (unpaired) electrons. The SMILES string of the molecule is Cc1c(C)c(C(F)(F)F)c(F)c(F)c1B(c1c(F)c(F)c(C(F)(F)F)c(F)c1F)C1C(F)=C(F)C(c2ccc3c(c2)CC3)C(F)C1F. The Morgan fingerprint density at radius 1 is 0.574 bits per heavy atom. The maximum atomic E-state index is 16.1. The molecule has 0 fully saturated rings. The van der Waals surface area contributed by atoms with E-state index in [9.17, 15) is 35.1 Å². The minimum Gasteiger partial charge on any atom is -0.244 e. The first-order valence-corrected chi connectivity index (χ1v) is 13.6. The Balaban J connectivity index is 1.87. The van der Waals surface area contributed by atoms with Crippen molar-refractivity contribution in [2.75, 3.05) is 0 Å². The second-order valence-corrected chi connectivity index (χ2v) is 11.3. The van der Waals surface area contributed by atoms with Crippen molar-refractivity contribution < 1.29 is 70.2 Å². The summed E-state index contributed by atoms with van der Waals surface area (Å²) in [4.78, 5) is 0. The Morgan fingerprint density at radius 3 is 1.53 bits per heavy atom. The maximum Gasteiger partial charge on any atom is 0.422 e. The van der Waals surface area contributed by atoms with Crippen LogP contribution in [-0.2, 0) is 25.2 Å². The number of hydrogen-bond donors (Lipinski definition) is 0. The zero-order chi connectivity index (χ0) is 35.2. The van der Waals surface area contributed by atoms with E-state index in [1.54, 1.807) is 0 Å². The van der Waals surface area contributed by atoms with Gasteiger partial charge in [0.2, 0.25) is 6.71 Å². The van der Waals surface area contributed by atoms with E-state index in [0.29, 0.717) is 32.3 Å².